The molecule has 3 heterocycles. The maximum absolute atomic E-state index is 15.0. The monoisotopic (exact) mass is 475 g/mol. The lowest BCUT2D eigenvalue weighted by atomic mass is 10.0. The first-order chi connectivity index (χ1) is 19.6. The highest BCUT2D eigenvalue weighted by molar-refractivity contribution is 6.05. The largest absolute Gasteiger partial charge is 0.488 e. The number of fused-ring (bicyclic) bond motifs is 1. The van der Waals surface area contributed by atoms with Crippen LogP contribution in [0.5, 0.6) is 5.75 Å². The molecule has 3 amide bonds. The summed E-state index contributed by atoms with van der Waals surface area (Å²) in [6.45, 7) is 1.89. The molecule has 3 aliphatic rings. The number of ether oxygens (including phenoxy) is 2. The maximum Gasteiger partial charge on any atom is 0.255 e. The Bertz CT molecular complexity index is 1500. The van der Waals surface area contributed by atoms with Gasteiger partial charge in [0.15, 0.2) is 0 Å². The highest BCUT2D eigenvalue weighted by Gasteiger charge is 2.40. The number of hydrogen-bond acceptors (Lipinski definition) is 6. The van der Waals surface area contributed by atoms with Gasteiger partial charge in [-0.1, -0.05) is 18.2 Å². The van der Waals surface area contributed by atoms with Crippen LogP contribution < -0.4 is 10.1 Å². The molecular weight excluding hydrogens is 441 g/mol. The molecule has 9 heteroatoms. The first-order valence-corrected chi connectivity index (χ1v) is 10.6. The van der Waals surface area contributed by atoms with E-state index in [1.807, 2.05) is 0 Å². The molecule has 2 saturated heterocycles. The molecule has 0 bridgehead atoms. The molecule has 2 fully saturated rings. The first-order valence-electron chi connectivity index (χ1n) is 14.6. The molecule has 0 spiro atoms. The minimum Gasteiger partial charge on any atom is -0.488 e. The fourth-order valence-corrected chi connectivity index (χ4v) is 3.95. The third kappa shape index (κ3) is 4.53. The molecule has 8 nitrogen and oxygen atoms in total. The Labute approximate surface area is 207 Å². The zero-order chi connectivity index (χ0) is 30.8. The molecule has 0 radical (unpaired) electrons. The Morgan fingerprint density at radius 2 is 2.09 bits per heavy atom. The average molecular weight is 476 g/mol. The summed E-state index contributed by atoms with van der Waals surface area (Å²) in [6, 6.07) is -0.868. The van der Waals surface area contributed by atoms with Gasteiger partial charge in [0, 0.05) is 48.2 Å². The Morgan fingerprint density at radius 3 is 2.88 bits per heavy atom. The number of hydrogen-bond donors (Lipinski definition) is 1. The van der Waals surface area contributed by atoms with E-state index in [1.54, 1.807) is 11.4 Å². The van der Waals surface area contributed by atoms with Crippen LogP contribution in [0.15, 0.2) is 36.3 Å². The van der Waals surface area contributed by atoms with Crippen LogP contribution in [0.25, 0.3) is 0 Å². The minimum atomic E-state index is -3.54. The fourth-order valence-electron chi connectivity index (χ4n) is 3.95. The fraction of sp³-hybridized carbons (Fsp3) is 0.400. The van der Waals surface area contributed by atoms with Crippen LogP contribution in [-0.2, 0) is 34.0 Å². The summed E-state index contributed by atoms with van der Waals surface area (Å²) < 4.78 is 91.8. The molecule has 3 aliphatic heterocycles. The molecule has 2 aromatic carbocycles. The van der Waals surface area contributed by atoms with Crippen molar-refractivity contribution in [3.8, 4) is 5.75 Å². The average Bonchev–Trinajstić information content (AvgIpc) is 3.29. The van der Waals surface area contributed by atoms with Crippen LogP contribution in [0.2, 0.25) is 0 Å². The number of imide groups is 1. The number of piperidine rings is 1. The third-order valence-electron chi connectivity index (χ3n) is 5.72. The summed E-state index contributed by atoms with van der Waals surface area (Å²) in [5.41, 5.74) is 0.0406. The van der Waals surface area contributed by atoms with Crippen molar-refractivity contribution in [1.29, 1.82) is 0 Å². The second-order valence-corrected chi connectivity index (χ2v) is 7.93. The van der Waals surface area contributed by atoms with Crippen molar-refractivity contribution in [1.82, 2.24) is 15.1 Å². The zero-order valence-electron chi connectivity index (χ0n) is 26.0. The summed E-state index contributed by atoms with van der Waals surface area (Å²) in [6.07, 6.45) is -6.94. The van der Waals surface area contributed by atoms with Crippen LogP contribution in [-0.4, -0.2) is 59.8 Å². The van der Waals surface area contributed by atoms with Crippen molar-refractivity contribution in [3.05, 3.63) is 64.4 Å². The first kappa shape index (κ1) is 14.9. The molecule has 2 aromatic rings. The van der Waals surface area contributed by atoms with Gasteiger partial charge in [-0.3, -0.25) is 24.6 Å². The summed E-state index contributed by atoms with van der Waals surface area (Å²) in [7, 11) is 0. The number of carbonyl (C=O) groups is 3. The molecular formula is C25H26FN3O5. The van der Waals surface area contributed by atoms with Gasteiger partial charge in [0.2, 0.25) is 11.8 Å². The van der Waals surface area contributed by atoms with E-state index < -0.39 is 84.9 Å². The number of rotatable bonds is 6. The van der Waals surface area contributed by atoms with Gasteiger partial charge in [-0.15, -0.1) is 0 Å². The van der Waals surface area contributed by atoms with Gasteiger partial charge in [-0.05, 0) is 30.1 Å². The SMILES string of the molecule is [2H]c1c([2H])c(OCc2ccc(CN3CCOCC3)cc2F)c2c(c1[2H])C(=O)N([C@]1([2H])C(=O)NC(=O)C([2H])([2H])C1([2H])[2H])C2. The number of nitrogens with zero attached hydrogens (tertiary/aromatic N) is 2. The van der Waals surface area contributed by atoms with Gasteiger partial charge in [-0.2, -0.15) is 0 Å². The Balaban J connectivity index is 1.45. The topological polar surface area (TPSA) is 88.2 Å². The molecule has 0 aromatic heterocycles. The molecule has 5 rings (SSSR count). The maximum atomic E-state index is 15.0. The van der Waals surface area contributed by atoms with Crippen LogP contribution in [0.3, 0.4) is 0 Å². The Hall–Kier alpha value is -3.30. The van der Waals surface area contributed by atoms with E-state index in [4.69, 9.17) is 20.4 Å². The Morgan fingerprint density at radius 1 is 1.26 bits per heavy atom. The minimum absolute atomic E-state index is 0.0863. The number of nitrogens with one attached hydrogen (secondary N) is 1. The molecule has 34 heavy (non-hydrogen) atoms. The van der Waals surface area contributed by atoms with E-state index >= 15 is 4.39 Å². The van der Waals surface area contributed by atoms with Gasteiger partial charge in [0.25, 0.3) is 5.91 Å². The normalized spacial score (nSPS) is 29.4. The molecule has 1 N–H and O–H groups in total. The standard InChI is InChI=1S/C25H26FN3O5/c26-20-12-16(13-28-8-10-33-11-9-28)4-5-17(20)15-34-22-3-1-2-18-19(22)14-29(25(18)32)21-6-7-23(30)27-24(21)31/h1-5,12,21H,6-11,13-15H2,(H,27,30,31)/t21-/m0/s1/i1D,2D,3D,6D2,7D2,21D. The number of amides is 3. The highest BCUT2D eigenvalue weighted by Crippen LogP contribution is 2.34. The van der Waals surface area contributed by atoms with Crippen LogP contribution in [0.1, 0.15) is 50.8 Å². The van der Waals surface area contributed by atoms with E-state index in [0.717, 1.165) is 0 Å². The molecule has 0 saturated carbocycles. The molecule has 178 valence electrons. The van der Waals surface area contributed by atoms with E-state index in [-0.39, 0.29) is 11.1 Å². The summed E-state index contributed by atoms with van der Waals surface area (Å²) in [4.78, 5) is 40.7. The van der Waals surface area contributed by atoms with E-state index in [2.05, 4.69) is 4.90 Å². The van der Waals surface area contributed by atoms with Gasteiger partial charge in [0.05, 0.1) is 25.2 Å². The van der Waals surface area contributed by atoms with Gasteiger partial charge in [0.1, 0.15) is 24.2 Å². The van der Waals surface area contributed by atoms with E-state index in [9.17, 15) is 14.4 Å². The lowest BCUT2D eigenvalue weighted by molar-refractivity contribution is -0.136. The summed E-state index contributed by atoms with van der Waals surface area (Å²) in [5.74, 6) is -5.48. The number of benzene rings is 2. The van der Waals surface area contributed by atoms with Gasteiger partial charge >= 0.3 is 0 Å². The number of morpholine rings is 1. The number of halogens is 1. The molecule has 1 atom stereocenters. The van der Waals surface area contributed by atoms with E-state index in [0.29, 0.717) is 43.3 Å². The van der Waals surface area contributed by atoms with Crippen molar-refractivity contribution < 1.29 is 39.2 Å². The van der Waals surface area contributed by atoms with Crippen molar-refractivity contribution in [2.45, 2.75) is 38.5 Å². The van der Waals surface area contributed by atoms with Crippen molar-refractivity contribution in [2.24, 2.45) is 0 Å². The van der Waals surface area contributed by atoms with Crippen molar-refractivity contribution in [3.63, 3.8) is 0 Å². The molecule has 0 aliphatic carbocycles. The second kappa shape index (κ2) is 9.52. The van der Waals surface area contributed by atoms with Crippen LogP contribution >= 0.6 is 0 Å². The Kier molecular flexibility index (Phi) is 4.16. The summed E-state index contributed by atoms with van der Waals surface area (Å²) >= 11 is 0. The van der Waals surface area contributed by atoms with Gasteiger partial charge < -0.3 is 14.4 Å². The second-order valence-electron chi connectivity index (χ2n) is 7.93. The van der Waals surface area contributed by atoms with Crippen molar-refractivity contribution in [2.75, 3.05) is 26.3 Å². The number of carbonyl (C=O) groups excluding carboxylic acids is 3. The van der Waals surface area contributed by atoms with Crippen LogP contribution in [0, 0.1) is 5.82 Å². The lowest BCUT2D eigenvalue weighted by Gasteiger charge is -2.29. The lowest BCUT2D eigenvalue weighted by Crippen LogP contribution is -2.52. The third-order valence-corrected chi connectivity index (χ3v) is 5.72. The predicted octanol–water partition coefficient (Wildman–Crippen LogP) is 2.00. The zero-order valence-corrected chi connectivity index (χ0v) is 18.0. The highest BCUT2D eigenvalue weighted by atomic mass is 19.1. The molecule has 0 unspecified atom stereocenters. The summed E-state index contributed by atoms with van der Waals surface area (Å²) in [5, 5.41) is 1.60. The smallest absolute Gasteiger partial charge is 0.255 e. The quantitative estimate of drug-likeness (QED) is 0.643. The van der Waals surface area contributed by atoms with Crippen LogP contribution in [0.4, 0.5) is 4.39 Å². The van der Waals surface area contributed by atoms with E-state index in [1.165, 1.54) is 12.1 Å². The van der Waals surface area contributed by atoms with Crippen molar-refractivity contribution >= 4 is 17.7 Å². The predicted molar refractivity (Wildman–Crippen MR) is 119 cm³/mol. The van der Waals surface area contributed by atoms with Gasteiger partial charge in [-0.25, -0.2) is 4.39 Å².